The largest absolute Gasteiger partial charge is 0.355 e. The van der Waals surface area contributed by atoms with Gasteiger partial charge >= 0.3 is 0 Å². The topological polar surface area (TPSA) is 29.0 Å². The van der Waals surface area contributed by atoms with Gasteiger partial charge in [0.2, 0.25) is 0 Å². The Labute approximate surface area is 111 Å². The van der Waals surface area contributed by atoms with Crippen LogP contribution in [0.3, 0.4) is 0 Å². The Morgan fingerprint density at radius 2 is 1.72 bits per heavy atom. The summed E-state index contributed by atoms with van der Waals surface area (Å²) >= 11 is 0. The van der Waals surface area contributed by atoms with E-state index >= 15 is 0 Å². The van der Waals surface area contributed by atoms with Gasteiger partial charge < -0.3 is 4.90 Å². The van der Waals surface area contributed by atoms with E-state index in [-0.39, 0.29) is 0 Å². The minimum atomic E-state index is 0.457. The summed E-state index contributed by atoms with van der Waals surface area (Å²) < 4.78 is 0. The maximum absolute atomic E-state index is 4.56. The van der Waals surface area contributed by atoms with Crippen LogP contribution in [0.1, 0.15) is 52.1 Å². The molecule has 0 aromatic carbocycles. The van der Waals surface area contributed by atoms with E-state index < -0.39 is 0 Å². The lowest BCUT2D eigenvalue weighted by molar-refractivity contribution is 0.310. The second kappa shape index (κ2) is 5.68. The smallest absolute Gasteiger partial charge is 0.147 e. The molecule has 1 aromatic heterocycles. The molecule has 1 saturated heterocycles. The number of piperidine rings is 1. The summed E-state index contributed by atoms with van der Waals surface area (Å²) in [6.45, 7) is 11.2. The van der Waals surface area contributed by atoms with Crippen molar-refractivity contribution in [2.45, 2.75) is 46.5 Å². The number of anilines is 1. The molecule has 1 aromatic rings. The highest BCUT2D eigenvalue weighted by molar-refractivity contribution is 5.36. The zero-order chi connectivity index (χ0) is 13.1. The molecule has 1 aliphatic heterocycles. The molecule has 0 atom stereocenters. The maximum atomic E-state index is 4.56. The van der Waals surface area contributed by atoms with E-state index in [1.807, 2.05) is 12.4 Å². The summed E-state index contributed by atoms with van der Waals surface area (Å²) in [5.74, 6) is 3.19. The van der Waals surface area contributed by atoms with E-state index in [9.17, 15) is 0 Å². The van der Waals surface area contributed by atoms with Crippen LogP contribution in [0.2, 0.25) is 0 Å². The first kappa shape index (κ1) is 13.3. The molecular formula is C15H25N3. The summed E-state index contributed by atoms with van der Waals surface area (Å²) in [6.07, 6.45) is 6.43. The fraction of sp³-hybridized carbons (Fsp3) is 0.733. The second-order valence-electron chi connectivity index (χ2n) is 6.02. The highest BCUT2D eigenvalue weighted by Crippen LogP contribution is 2.26. The average molecular weight is 247 g/mol. The Balaban J connectivity index is 1.97. The van der Waals surface area contributed by atoms with E-state index in [1.165, 1.54) is 12.8 Å². The molecule has 0 spiro atoms. The van der Waals surface area contributed by atoms with Crippen molar-refractivity contribution in [2.24, 2.45) is 11.8 Å². The predicted octanol–water partition coefficient (Wildman–Crippen LogP) is 3.47. The van der Waals surface area contributed by atoms with Gasteiger partial charge in [0.05, 0.1) is 18.1 Å². The molecule has 18 heavy (non-hydrogen) atoms. The molecular weight excluding hydrogens is 222 g/mol. The van der Waals surface area contributed by atoms with Crippen LogP contribution in [0, 0.1) is 11.8 Å². The van der Waals surface area contributed by atoms with Crippen molar-refractivity contribution in [1.29, 1.82) is 0 Å². The third kappa shape index (κ3) is 3.01. The van der Waals surface area contributed by atoms with Gasteiger partial charge in [-0.1, -0.05) is 27.7 Å². The molecule has 3 heteroatoms. The molecule has 0 saturated carbocycles. The van der Waals surface area contributed by atoms with Crippen molar-refractivity contribution >= 4 is 5.82 Å². The zero-order valence-electron chi connectivity index (χ0n) is 12.1. The van der Waals surface area contributed by atoms with Crippen LogP contribution >= 0.6 is 0 Å². The summed E-state index contributed by atoms with van der Waals surface area (Å²) in [6, 6.07) is 0. The van der Waals surface area contributed by atoms with Gasteiger partial charge in [-0.25, -0.2) is 4.98 Å². The zero-order valence-corrected chi connectivity index (χ0v) is 12.1. The van der Waals surface area contributed by atoms with Crippen LogP contribution in [0.4, 0.5) is 5.82 Å². The first-order valence-corrected chi connectivity index (χ1v) is 7.14. The molecule has 2 rings (SSSR count). The van der Waals surface area contributed by atoms with Gasteiger partial charge in [0.15, 0.2) is 0 Å². The van der Waals surface area contributed by atoms with E-state index in [0.717, 1.165) is 36.4 Å². The highest BCUT2D eigenvalue weighted by atomic mass is 15.2. The van der Waals surface area contributed by atoms with Crippen LogP contribution in [-0.4, -0.2) is 23.1 Å². The van der Waals surface area contributed by atoms with Crippen molar-refractivity contribution in [1.82, 2.24) is 9.97 Å². The Morgan fingerprint density at radius 3 is 2.17 bits per heavy atom. The minimum absolute atomic E-state index is 0.457. The molecule has 2 heterocycles. The number of hydrogen-bond acceptors (Lipinski definition) is 3. The SMILES string of the molecule is CC(C)c1cnc(N2CCC(C(C)C)CC2)cn1. The predicted molar refractivity (Wildman–Crippen MR) is 75.9 cm³/mol. The fourth-order valence-corrected chi connectivity index (χ4v) is 2.59. The van der Waals surface area contributed by atoms with Crippen LogP contribution in [0.15, 0.2) is 12.4 Å². The quantitative estimate of drug-likeness (QED) is 0.819. The molecule has 0 amide bonds. The Morgan fingerprint density at radius 1 is 1.06 bits per heavy atom. The van der Waals surface area contributed by atoms with Crippen LogP contribution < -0.4 is 4.90 Å². The third-order valence-electron chi connectivity index (χ3n) is 4.06. The van der Waals surface area contributed by atoms with Gasteiger partial charge in [0, 0.05) is 13.1 Å². The number of hydrogen-bond donors (Lipinski definition) is 0. The molecule has 3 nitrogen and oxygen atoms in total. The average Bonchev–Trinajstić information content (AvgIpc) is 2.39. The lowest BCUT2D eigenvalue weighted by Gasteiger charge is -2.34. The van der Waals surface area contributed by atoms with Gasteiger partial charge in [-0.05, 0) is 30.6 Å². The monoisotopic (exact) mass is 247 g/mol. The van der Waals surface area contributed by atoms with E-state index in [0.29, 0.717) is 5.92 Å². The Bertz CT molecular complexity index is 362. The number of aromatic nitrogens is 2. The highest BCUT2D eigenvalue weighted by Gasteiger charge is 2.22. The molecule has 0 radical (unpaired) electrons. The number of rotatable bonds is 3. The van der Waals surface area contributed by atoms with Crippen molar-refractivity contribution in [3.63, 3.8) is 0 Å². The molecule has 100 valence electrons. The minimum Gasteiger partial charge on any atom is -0.355 e. The van der Waals surface area contributed by atoms with Crippen molar-refractivity contribution < 1.29 is 0 Å². The van der Waals surface area contributed by atoms with Crippen molar-refractivity contribution in [3.05, 3.63) is 18.1 Å². The Hall–Kier alpha value is -1.12. The van der Waals surface area contributed by atoms with Gasteiger partial charge in [-0.15, -0.1) is 0 Å². The summed E-state index contributed by atoms with van der Waals surface area (Å²) in [4.78, 5) is 11.4. The first-order valence-electron chi connectivity index (χ1n) is 7.14. The summed E-state index contributed by atoms with van der Waals surface area (Å²) in [5.41, 5.74) is 1.08. The normalized spacial score (nSPS) is 17.8. The van der Waals surface area contributed by atoms with Gasteiger partial charge in [0.25, 0.3) is 0 Å². The van der Waals surface area contributed by atoms with Gasteiger partial charge in [-0.3, -0.25) is 4.98 Å². The third-order valence-corrected chi connectivity index (χ3v) is 4.06. The standard InChI is InChI=1S/C15H25N3/c1-11(2)13-5-7-18(8-6-13)15-10-16-14(9-17-15)12(3)4/h9-13H,5-8H2,1-4H3. The maximum Gasteiger partial charge on any atom is 0.147 e. The lowest BCUT2D eigenvalue weighted by atomic mass is 9.87. The Kier molecular flexibility index (Phi) is 4.20. The van der Waals surface area contributed by atoms with Crippen LogP contribution in [0.5, 0.6) is 0 Å². The van der Waals surface area contributed by atoms with E-state index in [4.69, 9.17) is 0 Å². The van der Waals surface area contributed by atoms with Crippen LogP contribution in [0.25, 0.3) is 0 Å². The van der Waals surface area contributed by atoms with Gasteiger partial charge in [0.1, 0.15) is 5.82 Å². The van der Waals surface area contributed by atoms with Crippen molar-refractivity contribution in [3.8, 4) is 0 Å². The van der Waals surface area contributed by atoms with Crippen LogP contribution in [-0.2, 0) is 0 Å². The number of nitrogens with zero attached hydrogens (tertiary/aromatic N) is 3. The van der Waals surface area contributed by atoms with E-state index in [2.05, 4.69) is 42.6 Å². The molecule has 0 aliphatic carbocycles. The first-order chi connectivity index (χ1) is 8.58. The second-order valence-corrected chi connectivity index (χ2v) is 6.02. The fourth-order valence-electron chi connectivity index (χ4n) is 2.59. The molecule has 1 fully saturated rings. The summed E-state index contributed by atoms with van der Waals surface area (Å²) in [5, 5.41) is 0. The summed E-state index contributed by atoms with van der Waals surface area (Å²) in [7, 11) is 0. The lowest BCUT2D eigenvalue weighted by Crippen LogP contribution is -2.35. The molecule has 0 N–H and O–H groups in total. The van der Waals surface area contributed by atoms with E-state index in [1.54, 1.807) is 0 Å². The molecule has 0 unspecified atom stereocenters. The molecule has 1 aliphatic rings. The van der Waals surface area contributed by atoms with Gasteiger partial charge in [-0.2, -0.15) is 0 Å². The van der Waals surface area contributed by atoms with Crippen molar-refractivity contribution in [2.75, 3.05) is 18.0 Å². The molecule has 0 bridgehead atoms.